The fourth-order valence-electron chi connectivity index (χ4n) is 2.01. The van der Waals surface area contributed by atoms with E-state index in [0.29, 0.717) is 12.6 Å². The van der Waals surface area contributed by atoms with Crippen LogP contribution >= 0.6 is 0 Å². The second-order valence-corrected chi connectivity index (χ2v) is 4.95. The molecule has 1 unspecified atom stereocenters. The molecule has 0 bridgehead atoms. The van der Waals surface area contributed by atoms with E-state index in [0.717, 1.165) is 16.9 Å². The number of rotatable bonds is 5. The molecule has 0 spiro atoms. The lowest BCUT2D eigenvalue weighted by Gasteiger charge is -2.14. The van der Waals surface area contributed by atoms with Gasteiger partial charge in [0.15, 0.2) is 0 Å². The van der Waals surface area contributed by atoms with E-state index in [2.05, 4.69) is 24.4 Å². The Kier molecular flexibility index (Phi) is 4.74. The van der Waals surface area contributed by atoms with Crippen molar-refractivity contribution in [2.75, 3.05) is 7.05 Å². The van der Waals surface area contributed by atoms with Crippen LogP contribution in [0.5, 0.6) is 5.75 Å². The Morgan fingerprint density at radius 3 is 2.45 bits per heavy atom. The summed E-state index contributed by atoms with van der Waals surface area (Å²) in [5.41, 5.74) is 3.30. The van der Waals surface area contributed by atoms with Gasteiger partial charge in [0.25, 0.3) is 0 Å². The van der Waals surface area contributed by atoms with Crippen LogP contribution in [0.4, 0.5) is 4.39 Å². The van der Waals surface area contributed by atoms with Crippen molar-refractivity contribution in [1.82, 2.24) is 5.32 Å². The van der Waals surface area contributed by atoms with Crippen LogP contribution in [0, 0.1) is 12.7 Å². The van der Waals surface area contributed by atoms with E-state index in [1.54, 1.807) is 12.1 Å². The molecule has 0 aliphatic rings. The topological polar surface area (TPSA) is 21.3 Å². The molecule has 3 heteroatoms. The third kappa shape index (κ3) is 3.58. The van der Waals surface area contributed by atoms with Crippen molar-refractivity contribution in [1.29, 1.82) is 0 Å². The molecule has 0 heterocycles. The number of benzene rings is 2. The first-order valence-corrected chi connectivity index (χ1v) is 6.75. The zero-order valence-corrected chi connectivity index (χ0v) is 12.1. The first kappa shape index (κ1) is 14.5. The summed E-state index contributed by atoms with van der Waals surface area (Å²) in [5, 5.41) is 3.21. The second-order valence-electron chi connectivity index (χ2n) is 4.95. The molecule has 0 amide bonds. The predicted octanol–water partition coefficient (Wildman–Crippen LogP) is 3.99. The highest BCUT2D eigenvalue weighted by atomic mass is 19.1. The van der Waals surface area contributed by atoms with Crippen LogP contribution in [0.25, 0.3) is 0 Å². The smallest absolute Gasteiger partial charge is 0.123 e. The Hall–Kier alpha value is -1.87. The van der Waals surface area contributed by atoms with E-state index in [4.69, 9.17) is 4.74 Å². The second kappa shape index (κ2) is 6.53. The quantitative estimate of drug-likeness (QED) is 0.889. The number of aryl methyl sites for hydroxylation is 1. The van der Waals surface area contributed by atoms with E-state index in [-0.39, 0.29) is 5.82 Å². The van der Waals surface area contributed by atoms with Gasteiger partial charge in [0.05, 0.1) is 0 Å². The van der Waals surface area contributed by atoms with Gasteiger partial charge in [-0.25, -0.2) is 4.39 Å². The number of ether oxygens (including phenoxy) is 1. The Labute approximate surface area is 119 Å². The molecule has 0 saturated heterocycles. The van der Waals surface area contributed by atoms with E-state index in [1.165, 1.54) is 17.7 Å². The minimum atomic E-state index is -0.227. The normalized spacial score (nSPS) is 12.2. The molecule has 1 atom stereocenters. The SMILES string of the molecule is CNC(C)c1ccc(OCc2ccc(F)cc2)c(C)c1. The zero-order chi connectivity index (χ0) is 14.5. The maximum absolute atomic E-state index is 12.8. The van der Waals surface area contributed by atoms with Crippen LogP contribution in [0.2, 0.25) is 0 Å². The summed E-state index contributed by atoms with van der Waals surface area (Å²) in [7, 11) is 1.94. The fraction of sp³-hybridized carbons (Fsp3) is 0.294. The molecule has 106 valence electrons. The average Bonchev–Trinajstić information content (AvgIpc) is 2.46. The van der Waals surface area contributed by atoms with Crippen molar-refractivity contribution in [2.45, 2.75) is 26.5 Å². The van der Waals surface area contributed by atoms with Gasteiger partial charge in [-0.2, -0.15) is 0 Å². The summed E-state index contributed by atoms with van der Waals surface area (Å²) in [6.07, 6.45) is 0. The van der Waals surface area contributed by atoms with Crippen LogP contribution < -0.4 is 10.1 Å². The van der Waals surface area contributed by atoms with Gasteiger partial charge in [0, 0.05) is 6.04 Å². The summed E-state index contributed by atoms with van der Waals surface area (Å²) >= 11 is 0. The molecule has 0 aromatic heterocycles. The van der Waals surface area contributed by atoms with Crippen molar-refractivity contribution < 1.29 is 9.13 Å². The molecule has 2 aromatic rings. The highest BCUT2D eigenvalue weighted by molar-refractivity contribution is 5.37. The maximum atomic E-state index is 12.8. The molecule has 2 nitrogen and oxygen atoms in total. The Bertz CT molecular complexity index is 566. The van der Waals surface area contributed by atoms with Gasteiger partial charge in [-0.3, -0.25) is 0 Å². The van der Waals surface area contributed by atoms with Gasteiger partial charge in [-0.15, -0.1) is 0 Å². The summed E-state index contributed by atoms with van der Waals surface area (Å²) in [4.78, 5) is 0. The van der Waals surface area contributed by atoms with Gasteiger partial charge in [-0.1, -0.05) is 24.3 Å². The number of hydrogen-bond acceptors (Lipinski definition) is 2. The molecule has 1 N–H and O–H groups in total. The van der Waals surface area contributed by atoms with Gasteiger partial charge < -0.3 is 10.1 Å². The molecule has 20 heavy (non-hydrogen) atoms. The van der Waals surface area contributed by atoms with Crippen molar-refractivity contribution in [2.24, 2.45) is 0 Å². The minimum Gasteiger partial charge on any atom is -0.489 e. The van der Waals surface area contributed by atoms with Crippen LogP contribution in [0.1, 0.15) is 29.7 Å². The summed E-state index contributed by atoms with van der Waals surface area (Å²) in [6.45, 7) is 4.60. The Balaban J connectivity index is 2.04. The van der Waals surface area contributed by atoms with E-state index < -0.39 is 0 Å². The molecular weight excluding hydrogens is 253 g/mol. The minimum absolute atomic E-state index is 0.227. The number of nitrogens with one attached hydrogen (secondary N) is 1. The van der Waals surface area contributed by atoms with Gasteiger partial charge in [-0.05, 0) is 55.8 Å². The molecule has 2 rings (SSSR count). The van der Waals surface area contributed by atoms with E-state index in [1.807, 2.05) is 20.0 Å². The van der Waals surface area contributed by atoms with Gasteiger partial charge in [0.2, 0.25) is 0 Å². The van der Waals surface area contributed by atoms with Crippen LogP contribution in [-0.4, -0.2) is 7.05 Å². The first-order valence-electron chi connectivity index (χ1n) is 6.75. The van der Waals surface area contributed by atoms with Crippen LogP contribution in [-0.2, 0) is 6.61 Å². The molecular formula is C17H20FNO. The largest absolute Gasteiger partial charge is 0.489 e. The van der Waals surface area contributed by atoms with Crippen molar-refractivity contribution >= 4 is 0 Å². The van der Waals surface area contributed by atoms with Gasteiger partial charge in [0.1, 0.15) is 18.2 Å². The third-order valence-corrected chi connectivity index (χ3v) is 3.44. The maximum Gasteiger partial charge on any atom is 0.123 e. The fourth-order valence-corrected chi connectivity index (χ4v) is 2.01. The summed E-state index contributed by atoms with van der Waals surface area (Å²) < 4.78 is 18.6. The predicted molar refractivity (Wildman–Crippen MR) is 79.4 cm³/mol. The van der Waals surface area contributed by atoms with Crippen molar-refractivity contribution in [3.63, 3.8) is 0 Å². The summed E-state index contributed by atoms with van der Waals surface area (Å²) in [5.74, 6) is 0.636. The third-order valence-electron chi connectivity index (χ3n) is 3.44. The number of hydrogen-bond donors (Lipinski definition) is 1. The molecule has 2 aromatic carbocycles. The Morgan fingerprint density at radius 2 is 1.85 bits per heavy atom. The monoisotopic (exact) mass is 273 g/mol. The summed E-state index contributed by atoms with van der Waals surface area (Å²) in [6, 6.07) is 12.9. The highest BCUT2D eigenvalue weighted by Gasteiger charge is 2.06. The van der Waals surface area contributed by atoms with Gasteiger partial charge >= 0.3 is 0 Å². The van der Waals surface area contributed by atoms with Crippen LogP contribution in [0.15, 0.2) is 42.5 Å². The van der Waals surface area contributed by atoms with Crippen LogP contribution in [0.3, 0.4) is 0 Å². The van der Waals surface area contributed by atoms with E-state index in [9.17, 15) is 4.39 Å². The standard InChI is InChI=1S/C17H20FNO/c1-12-10-15(13(2)19-3)6-9-17(12)20-11-14-4-7-16(18)8-5-14/h4-10,13,19H,11H2,1-3H3. The molecule has 0 aliphatic heterocycles. The molecule has 0 radical (unpaired) electrons. The highest BCUT2D eigenvalue weighted by Crippen LogP contribution is 2.23. The lowest BCUT2D eigenvalue weighted by atomic mass is 10.1. The lowest BCUT2D eigenvalue weighted by Crippen LogP contribution is -2.12. The molecule has 0 fully saturated rings. The van der Waals surface area contributed by atoms with Crippen molar-refractivity contribution in [3.05, 3.63) is 65.0 Å². The van der Waals surface area contributed by atoms with E-state index >= 15 is 0 Å². The molecule has 0 saturated carbocycles. The first-order chi connectivity index (χ1) is 9.60. The molecule has 0 aliphatic carbocycles. The average molecular weight is 273 g/mol. The zero-order valence-electron chi connectivity index (χ0n) is 12.1. The Morgan fingerprint density at radius 1 is 1.15 bits per heavy atom. The van der Waals surface area contributed by atoms with Crippen molar-refractivity contribution in [3.8, 4) is 5.75 Å². The number of halogens is 1. The lowest BCUT2D eigenvalue weighted by molar-refractivity contribution is 0.304.